The van der Waals surface area contributed by atoms with E-state index in [1.165, 1.54) is 13.2 Å². The molecule has 2 atom stereocenters. The number of hydrogen-bond donors (Lipinski definition) is 4. The summed E-state index contributed by atoms with van der Waals surface area (Å²) in [6.45, 7) is -0.282. The van der Waals surface area contributed by atoms with Gasteiger partial charge in [0.15, 0.2) is 0 Å². The van der Waals surface area contributed by atoms with Crippen molar-refractivity contribution in [3.63, 3.8) is 0 Å². The normalized spacial score (nSPS) is 13.9. The third-order valence-corrected chi connectivity index (χ3v) is 6.08. The third-order valence-electron chi connectivity index (χ3n) is 6.08. The fraction of sp³-hybridized carbons (Fsp3) is 0.240. The second kappa shape index (κ2) is 10.00. The molecule has 0 fully saturated rings. The zero-order valence-electron chi connectivity index (χ0n) is 18.9. The molecular formula is C25H25N3O7. The van der Waals surface area contributed by atoms with Crippen molar-refractivity contribution in [1.29, 1.82) is 0 Å². The molecule has 1 aliphatic carbocycles. The Morgan fingerprint density at radius 3 is 2.29 bits per heavy atom. The molecule has 1 aliphatic rings. The van der Waals surface area contributed by atoms with Crippen LogP contribution in [-0.4, -0.2) is 47.6 Å². The quantitative estimate of drug-likeness (QED) is 0.218. The summed E-state index contributed by atoms with van der Waals surface area (Å²) >= 11 is 0. The molecule has 0 aliphatic heterocycles. The average Bonchev–Trinajstić information content (AvgIpc) is 3.19. The second-order valence-corrected chi connectivity index (χ2v) is 8.13. The van der Waals surface area contributed by atoms with Gasteiger partial charge < -0.3 is 30.7 Å². The minimum absolute atomic E-state index is 0.0853. The van der Waals surface area contributed by atoms with Crippen molar-refractivity contribution in [1.82, 2.24) is 5.32 Å². The number of ether oxygens (including phenoxy) is 2. The van der Waals surface area contributed by atoms with Crippen molar-refractivity contribution in [2.45, 2.75) is 18.1 Å². The lowest BCUT2D eigenvalue weighted by Gasteiger charge is -2.21. The molecule has 0 spiro atoms. The predicted octanol–water partition coefficient (Wildman–Crippen LogP) is 3.12. The second-order valence-electron chi connectivity index (χ2n) is 8.13. The molecule has 2 unspecified atom stereocenters. The molecule has 3 aromatic carbocycles. The van der Waals surface area contributed by atoms with Crippen LogP contribution in [-0.2, 0) is 4.74 Å². The molecule has 35 heavy (non-hydrogen) atoms. The first-order chi connectivity index (χ1) is 16.8. The molecule has 0 saturated carbocycles. The van der Waals surface area contributed by atoms with Crippen molar-refractivity contribution in [2.24, 2.45) is 0 Å². The number of amides is 1. The minimum atomic E-state index is -1.61. The molecule has 0 bridgehead atoms. The number of nitrogens with two attached hydrogens (primary N) is 1. The molecule has 3 aromatic rings. The average molecular weight is 479 g/mol. The van der Waals surface area contributed by atoms with Crippen LogP contribution in [0.4, 0.5) is 16.2 Å². The molecular weight excluding hydrogens is 454 g/mol. The zero-order chi connectivity index (χ0) is 25.1. The number of alkyl carbamates (subject to hydrolysis) is 1. The monoisotopic (exact) mass is 479 g/mol. The summed E-state index contributed by atoms with van der Waals surface area (Å²) in [6.07, 6.45) is -3.90. The number of nitro groups is 1. The van der Waals surface area contributed by atoms with Crippen LogP contribution in [0.5, 0.6) is 5.75 Å². The number of hydrogen-bond acceptors (Lipinski definition) is 8. The maximum absolute atomic E-state index is 12.3. The Hall–Kier alpha value is -4.15. The Kier molecular flexibility index (Phi) is 6.85. The van der Waals surface area contributed by atoms with Gasteiger partial charge in [-0.25, -0.2) is 4.79 Å². The molecule has 0 aromatic heterocycles. The minimum Gasteiger partial charge on any atom is -0.496 e. The zero-order valence-corrected chi connectivity index (χ0v) is 18.9. The van der Waals surface area contributed by atoms with E-state index in [1.54, 1.807) is 0 Å². The Morgan fingerprint density at radius 2 is 1.71 bits per heavy atom. The largest absolute Gasteiger partial charge is 0.496 e. The lowest BCUT2D eigenvalue weighted by molar-refractivity contribution is -0.384. The van der Waals surface area contributed by atoms with Gasteiger partial charge in [0.05, 0.1) is 18.1 Å². The fourth-order valence-corrected chi connectivity index (χ4v) is 4.30. The highest BCUT2D eigenvalue weighted by atomic mass is 16.6. The first-order valence-corrected chi connectivity index (χ1v) is 10.9. The number of aliphatic hydroxyl groups is 2. The van der Waals surface area contributed by atoms with Crippen LogP contribution in [0.15, 0.2) is 60.7 Å². The molecule has 0 saturated heterocycles. The highest BCUT2D eigenvalue weighted by Gasteiger charge is 2.30. The predicted molar refractivity (Wildman–Crippen MR) is 128 cm³/mol. The van der Waals surface area contributed by atoms with Gasteiger partial charge in [-0.2, -0.15) is 0 Å². The number of aliphatic hydroxyl groups excluding tert-OH is 2. The van der Waals surface area contributed by atoms with Gasteiger partial charge in [0, 0.05) is 18.0 Å². The van der Waals surface area contributed by atoms with Gasteiger partial charge in [-0.3, -0.25) is 10.1 Å². The number of nitrogen functional groups attached to an aromatic ring is 1. The lowest BCUT2D eigenvalue weighted by atomic mass is 9.98. The highest BCUT2D eigenvalue weighted by Crippen LogP contribution is 2.44. The van der Waals surface area contributed by atoms with Crippen LogP contribution in [0.3, 0.4) is 0 Å². The number of nitrogens with zero attached hydrogens (tertiary/aromatic N) is 1. The number of nitro benzene ring substituents is 1. The van der Waals surface area contributed by atoms with Gasteiger partial charge in [0.25, 0.3) is 5.69 Å². The first kappa shape index (κ1) is 24.0. The summed E-state index contributed by atoms with van der Waals surface area (Å²) in [4.78, 5) is 22.9. The maximum Gasteiger partial charge on any atom is 0.407 e. The van der Waals surface area contributed by atoms with Gasteiger partial charge >= 0.3 is 6.09 Å². The number of benzene rings is 3. The summed E-state index contributed by atoms with van der Waals surface area (Å²) in [7, 11) is 1.31. The van der Waals surface area contributed by atoms with Crippen LogP contribution in [0.2, 0.25) is 0 Å². The number of methoxy groups -OCH3 is 1. The smallest absolute Gasteiger partial charge is 0.407 e. The number of carbonyl (C=O) groups excluding carboxylic acids is 1. The van der Waals surface area contributed by atoms with Crippen LogP contribution >= 0.6 is 0 Å². The van der Waals surface area contributed by atoms with Gasteiger partial charge in [-0.15, -0.1) is 0 Å². The van der Waals surface area contributed by atoms with E-state index in [0.717, 1.165) is 28.3 Å². The Labute approximate surface area is 201 Å². The van der Waals surface area contributed by atoms with Crippen molar-refractivity contribution in [2.75, 3.05) is 26.0 Å². The number of fused-ring (bicyclic) bond motifs is 3. The van der Waals surface area contributed by atoms with Crippen LogP contribution in [0.25, 0.3) is 11.1 Å². The first-order valence-electron chi connectivity index (χ1n) is 10.9. The lowest BCUT2D eigenvalue weighted by Crippen LogP contribution is -2.36. The van der Waals surface area contributed by atoms with E-state index >= 15 is 0 Å². The van der Waals surface area contributed by atoms with Crippen LogP contribution in [0.1, 0.15) is 28.7 Å². The summed E-state index contributed by atoms with van der Waals surface area (Å²) < 4.78 is 10.4. The number of nitrogens with one attached hydrogen (secondary N) is 1. The van der Waals surface area contributed by atoms with Gasteiger partial charge in [-0.1, -0.05) is 48.5 Å². The van der Waals surface area contributed by atoms with Crippen LogP contribution in [0, 0.1) is 10.1 Å². The van der Waals surface area contributed by atoms with E-state index in [1.807, 2.05) is 48.5 Å². The molecule has 4 rings (SSSR count). The summed E-state index contributed by atoms with van der Waals surface area (Å²) in [6, 6.07) is 18.3. The molecule has 1 amide bonds. The number of rotatable bonds is 8. The molecule has 10 heteroatoms. The van der Waals surface area contributed by atoms with Crippen LogP contribution < -0.4 is 15.8 Å². The number of carbonyl (C=O) groups is 1. The van der Waals surface area contributed by atoms with Crippen molar-refractivity contribution in [3.05, 3.63) is 87.5 Å². The van der Waals surface area contributed by atoms with Gasteiger partial charge in [0.2, 0.25) is 0 Å². The molecule has 0 radical (unpaired) electrons. The van der Waals surface area contributed by atoms with Crippen molar-refractivity contribution in [3.8, 4) is 16.9 Å². The summed E-state index contributed by atoms with van der Waals surface area (Å²) in [5.41, 5.74) is 9.29. The van der Waals surface area contributed by atoms with Gasteiger partial charge in [0.1, 0.15) is 30.3 Å². The third kappa shape index (κ3) is 4.75. The Morgan fingerprint density at radius 1 is 1.11 bits per heavy atom. The van der Waals surface area contributed by atoms with E-state index in [4.69, 9.17) is 15.2 Å². The fourth-order valence-electron chi connectivity index (χ4n) is 4.30. The van der Waals surface area contributed by atoms with E-state index in [0.29, 0.717) is 0 Å². The van der Waals surface area contributed by atoms with E-state index in [-0.39, 0.29) is 36.1 Å². The van der Waals surface area contributed by atoms with Crippen molar-refractivity contribution < 1.29 is 29.4 Å². The molecule has 10 nitrogen and oxygen atoms in total. The standard InChI is InChI=1S/C25H25N3O7/c1-34-14-10-19(23(26)21(11-14)28(32)33)24(30)22(29)12-27-25(31)35-13-20-17-8-4-2-6-15(17)16-7-3-5-9-18(16)20/h2-11,20,22,24,29-30H,12-13,26H2,1H3,(H,27,31). The molecule has 5 N–H and O–H groups in total. The van der Waals surface area contributed by atoms with Crippen molar-refractivity contribution >= 4 is 17.5 Å². The Bertz CT molecular complexity index is 1220. The number of anilines is 1. The van der Waals surface area contributed by atoms with E-state index in [9.17, 15) is 25.1 Å². The van der Waals surface area contributed by atoms with Gasteiger partial charge in [-0.05, 0) is 28.3 Å². The SMILES string of the molecule is COc1cc(C(O)C(O)CNC(=O)OCC2c3ccccc3-c3ccccc32)c(N)c([N+](=O)[O-])c1. The molecule has 0 heterocycles. The summed E-state index contributed by atoms with van der Waals surface area (Å²) in [5, 5.41) is 34.6. The van der Waals surface area contributed by atoms with E-state index < -0.39 is 28.9 Å². The maximum atomic E-state index is 12.3. The molecule has 182 valence electrons. The highest BCUT2D eigenvalue weighted by molar-refractivity contribution is 5.79. The Balaban J connectivity index is 1.38. The van der Waals surface area contributed by atoms with E-state index in [2.05, 4.69) is 5.32 Å². The topological polar surface area (TPSA) is 157 Å². The summed E-state index contributed by atoms with van der Waals surface area (Å²) in [5.74, 6) is -0.0301.